The minimum Gasteiger partial charge on any atom is -0.268 e. The molecule has 1 aliphatic rings. The van der Waals surface area contributed by atoms with E-state index in [0.29, 0.717) is 16.5 Å². The van der Waals surface area contributed by atoms with Crippen LogP contribution >= 0.6 is 23.1 Å². The van der Waals surface area contributed by atoms with E-state index >= 15 is 0 Å². The molecule has 5 rings (SSSR count). The molecular formula is C25H21N3OS2. The van der Waals surface area contributed by atoms with E-state index in [9.17, 15) is 4.79 Å². The number of benzene rings is 2. The van der Waals surface area contributed by atoms with Crippen molar-refractivity contribution in [3.63, 3.8) is 0 Å². The van der Waals surface area contributed by atoms with Crippen LogP contribution < -0.4 is 5.56 Å². The zero-order chi connectivity index (χ0) is 21.4. The predicted molar refractivity (Wildman–Crippen MR) is 127 cm³/mol. The molecule has 0 N–H and O–H groups in total. The van der Waals surface area contributed by atoms with E-state index in [1.807, 2.05) is 55.5 Å². The molecule has 6 heteroatoms. The van der Waals surface area contributed by atoms with Gasteiger partial charge >= 0.3 is 0 Å². The molecule has 2 aromatic carbocycles. The number of hydrogen-bond acceptors (Lipinski definition) is 5. The molecule has 0 bridgehead atoms. The van der Waals surface area contributed by atoms with Crippen molar-refractivity contribution in [1.82, 2.24) is 9.55 Å². The summed E-state index contributed by atoms with van der Waals surface area (Å²) in [6, 6.07) is 17.8. The number of thioether (sulfide) groups is 1. The molecule has 0 fully saturated rings. The van der Waals surface area contributed by atoms with Crippen LogP contribution in [-0.2, 0) is 18.6 Å². The largest absolute Gasteiger partial charge is 0.268 e. The van der Waals surface area contributed by atoms with Crippen molar-refractivity contribution in [2.24, 2.45) is 0 Å². The molecule has 0 saturated heterocycles. The lowest BCUT2D eigenvalue weighted by atomic mass is 9.97. The third-order valence-electron chi connectivity index (χ3n) is 5.70. The second-order valence-electron chi connectivity index (χ2n) is 7.86. The molecule has 2 heterocycles. The smallest absolute Gasteiger partial charge is 0.267 e. The van der Waals surface area contributed by atoms with E-state index in [1.165, 1.54) is 16.9 Å². The summed E-state index contributed by atoms with van der Waals surface area (Å²) in [7, 11) is 0. The Hall–Kier alpha value is -2.88. The molecule has 154 valence electrons. The highest BCUT2D eigenvalue weighted by Crippen LogP contribution is 2.35. The van der Waals surface area contributed by atoms with Gasteiger partial charge in [0, 0.05) is 10.6 Å². The average Bonchev–Trinajstić information content (AvgIpc) is 3.17. The van der Waals surface area contributed by atoms with E-state index in [-0.39, 0.29) is 5.56 Å². The molecule has 0 aliphatic heterocycles. The van der Waals surface area contributed by atoms with Gasteiger partial charge < -0.3 is 0 Å². The molecule has 0 atom stereocenters. The Morgan fingerprint density at radius 2 is 1.84 bits per heavy atom. The summed E-state index contributed by atoms with van der Waals surface area (Å²) in [4.78, 5) is 20.9. The Kier molecular flexibility index (Phi) is 5.39. The lowest BCUT2D eigenvalue weighted by molar-refractivity contribution is 0.699. The van der Waals surface area contributed by atoms with Crippen molar-refractivity contribution in [1.29, 1.82) is 5.26 Å². The Labute approximate surface area is 189 Å². The Balaban J connectivity index is 1.62. The van der Waals surface area contributed by atoms with Crippen molar-refractivity contribution < 1.29 is 0 Å². The van der Waals surface area contributed by atoms with Gasteiger partial charge in [-0.25, -0.2) is 4.98 Å². The highest BCUT2D eigenvalue weighted by atomic mass is 32.2. The van der Waals surface area contributed by atoms with Gasteiger partial charge in [0.2, 0.25) is 0 Å². The molecule has 31 heavy (non-hydrogen) atoms. The van der Waals surface area contributed by atoms with Gasteiger partial charge in [0.15, 0.2) is 5.16 Å². The molecular weight excluding hydrogens is 422 g/mol. The summed E-state index contributed by atoms with van der Waals surface area (Å²) in [5, 5.41) is 10.5. The van der Waals surface area contributed by atoms with Crippen LogP contribution in [0.3, 0.4) is 0 Å². The lowest BCUT2D eigenvalue weighted by Crippen LogP contribution is -2.22. The van der Waals surface area contributed by atoms with Gasteiger partial charge in [-0.1, -0.05) is 41.6 Å². The van der Waals surface area contributed by atoms with Crippen molar-refractivity contribution in [2.45, 2.75) is 43.5 Å². The average molecular weight is 444 g/mol. The van der Waals surface area contributed by atoms with Crippen LogP contribution in [0.4, 0.5) is 0 Å². The summed E-state index contributed by atoms with van der Waals surface area (Å²) in [5.41, 5.74) is 5.01. The van der Waals surface area contributed by atoms with E-state index in [1.54, 1.807) is 27.7 Å². The van der Waals surface area contributed by atoms with Crippen molar-refractivity contribution in [3.05, 3.63) is 86.0 Å². The third-order valence-corrected chi connectivity index (χ3v) is 7.90. The Morgan fingerprint density at radius 1 is 1.10 bits per heavy atom. The van der Waals surface area contributed by atoms with E-state index < -0.39 is 0 Å². The van der Waals surface area contributed by atoms with E-state index in [4.69, 9.17) is 10.2 Å². The number of nitrogens with zero attached hydrogens (tertiary/aromatic N) is 3. The number of nitriles is 1. The molecule has 0 spiro atoms. The molecule has 0 radical (unpaired) electrons. The first kappa shape index (κ1) is 20.0. The molecule has 0 saturated carbocycles. The van der Waals surface area contributed by atoms with E-state index in [2.05, 4.69) is 6.07 Å². The zero-order valence-corrected chi connectivity index (χ0v) is 18.9. The third kappa shape index (κ3) is 3.80. The van der Waals surface area contributed by atoms with Crippen LogP contribution in [0.15, 0.2) is 58.5 Å². The summed E-state index contributed by atoms with van der Waals surface area (Å²) in [6.45, 7) is 2.05. The summed E-state index contributed by atoms with van der Waals surface area (Å²) in [6.07, 6.45) is 4.34. The maximum atomic E-state index is 13.7. The van der Waals surface area contributed by atoms with Gasteiger partial charge in [-0.2, -0.15) is 5.26 Å². The van der Waals surface area contributed by atoms with Gasteiger partial charge in [0.25, 0.3) is 5.56 Å². The molecule has 0 amide bonds. The number of fused-ring (bicyclic) bond motifs is 3. The summed E-state index contributed by atoms with van der Waals surface area (Å²) < 4.78 is 1.78. The van der Waals surface area contributed by atoms with Gasteiger partial charge in [0.05, 0.1) is 22.7 Å². The van der Waals surface area contributed by atoms with Crippen LogP contribution in [0.5, 0.6) is 0 Å². The number of aromatic nitrogens is 2. The van der Waals surface area contributed by atoms with Crippen LogP contribution in [0, 0.1) is 18.3 Å². The first-order valence-corrected chi connectivity index (χ1v) is 12.2. The fourth-order valence-electron chi connectivity index (χ4n) is 4.03. The van der Waals surface area contributed by atoms with Gasteiger partial charge in [-0.05, 0) is 68.0 Å². The van der Waals surface area contributed by atoms with Crippen molar-refractivity contribution in [3.8, 4) is 11.8 Å². The Bertz CT molecular complexity index is 1360. The van der Waals surface area contributed by atoms with Crippen molar-refractivity contribution >= 4 is 33.3 Å². The first-order chi connectivity index (χ1) is 15.1. The second-order valence-corrected chi connectivity index (χ2v) is 9.89. The highest BCUT2D eigenvalue weighted by Gasteiger charge is 2.22. The van der Waals surface area contributed by atoms with Crippen LogP contribution in [-0.4, -0.2) is 9.55 Å². The second kappa shape index (κ2) is 8.33. The maximum absolute atomic E-state index is 13.7. The summed E-state index contributed by atoms with van der Waals surface area (Å²) >= 11 is 3.25. The highest BCUT2D eigenvalue weighted by molar-refractivity contribution is 7.98. The molecule has 0 unspecified atom stereocenters. The molecule has 4 nitrogen and oxygen atoms in total. The van der Waals surface area contributed by atoms with Gasteiger partial charge in [-0.3, -0.25) is 9.36 Å². The van der Waals surface area contributed by atoms with Gasteiger partial charge in [0.1, 0.15) is 4.83 Å². The standard InChI is InChI=1S/C25H21N3OS2/c1-16-6-12-19(13-7-16)28-24(29)22-20-4-2-3-5-21(20)31-23(22)27-25(28)30-15-18-10-8-17(14-26)9-11-18/h6-13H,2-5,15H2,1H3. The summed E-state index contributed by atoms with van der Waals surface area (Å²) in [5.74, 6) is 0.681. The zero-order valence-electron chi connectivity index (χ0n) is 17.2. The molecule has 4 aromatic rings. The van der Waals surface area contributed by atoms with Crippen LogP contribution in [0.2, 0.25) is 0 Å². The fourth-order valence-corrected chi connectivity index (χ4v) is 6.30. The lowest BCUT2D eigenvalue weighted by Gasteiger charge is -2.14. The molecule has 2 aromatic heterocycles. The number of hydrogen-bond donors (Lipinski definition) is 0. The van der Waals surface area contributed by atoms with Crippen LogP contribution in [0.1, 0.15) is 40.0 Å². The normalized spacial score (nSPS) is 13.2. The van der Waals surface area contributed by atoms with Crippen LogP contribution in [0.25, 0.3) is 15.9 Å². The SMILES string of the molecule is Cc1ccc(-n2c(SCc3ccc(C#N)cc3)nc3sc4c(c3c2=O)CCCC4)cc1. The number of thiophene rings is 1. The van der Waals surface area contributed by atoms with E-state index in [0.717, 1.165) is 46.3 Å². The number of rotatable bonds is 4. The molecule has 1 aliphatic carbocycles. The predicted octanol–water partition coefficient (Wildman–Crippen LogP) is 5.80. The maximum Gasteiger partial charge on any atom is 0.267 e. The fraction of sp³-hybridized carbons (Fsp3) is 0.240. The number of aryl methyl sites for hydroxylation is 3. The minimum atomic E-state index is 0.0376. The van der Waals surface area contributed by atoms with Crippen molar-refractivity contribution in [2.75, 3.05) is 0 Å². The van der Waals surface area contributed by atoms with Gasteiger partial charge in [-0.15, -0.1) is 11.3 Å². The topological polar surface area (TPSA) is 58.7 Å². The monoisotopic (exact) mass is 443 g/mol. The quantitative estimate of drug-likeness (QED) is 0.295. The Morgan fingerprint density at radius 3 is 2.58 bits per heavy atom. The minimum absolute atomic E-state index is 0.0376. The first-order valence-electron chi connectivity index (χ1n) is 10.4.